The molecule has 0 saturated carbocycles. The van der Waals surface area contributed by atoms with Crippen LogP contribution < -0.4 is 5.32 Å². The molecule has 1 N–H and O–H groups in total. The molecule has 10 heteroatoms. The monoisotopic (exact) mass is 576 g/mol. The van der Waals surface area contributed by atoms with Gasteiger partial charge in [0, 0.05) is 11.0 Å². The molecule has 0 heterocycles. The van der Waals surface area contributed by atoms with E-state index in [1.165, 1.54) is 18.2 Å². The lowest BCUT2D eigenvalue weighted by molar-refractivity contribution is 0.0508. The number of esters is 1. The third-order valence-corrected chi connectivity index (χ3v) is 6.86. The summed E-state index contributed by atoms with van der Waals surface area (Å²) in [6.45, 7) is 8.31. The molecule has 0 fully saturated rings. The van der Waals surface area contributed by atoms with E-state index in [-0.39, 0.29) is 24.6 Å². The Labute approximate surface area is 220 Å². The van der Waals surface area contributed by atoms with Gasteiger partial charge in [-0.25, -0.2) is 18.0 Å². The Morgan fingerprint density at radius 3 is 2.33 bits per heavy atom. The van der Waals surface area contributed by atoms with Crippen molar-refractivity contribution < 1.29 is 27.5 Å². The number of halogens is 1. The van der Waals surface area contributed by atoms with Gasteiger partial charge in [0.05, 0.1) is 23.0 Å². The van der Waals surface area contributed by atoms with Crippen LogP contribution in [0, 0.1) is 11.8 Å². The molecule has 0 bridgehead atoms. The lowest BCUT2D eigenvalue weighted by atomic mass is 10.2. The number of sulfonamides is 1. The van der Waals surface area contributed by atoms with E-state index in [1.54, 1.807) is 63.2 Å². The first kappa shape index (κ1) is 29.1. The molecule has 0 aliphatic rings. The minimum atomic E-state index is -3.98. The standard InChI is InChI=1S/C26H29BrN2O6S/c1-5-22(28-25(31)35-26(2,3)4)19-29(36(32,33)23-15-13-21(27)14-16-23)17-9-10-18-34-24(30)20-11-7-6-8-12-20/h5-8,11-16,22H,1,17-19H2,2-4H3,(H,28,31). The zero-order chi connectivity index (χ0) is 26.8. The molecule has 192 valence electrons. The number of benzene rings is 2. The topological polar surface area (TPSA) is 102 Å². The quantitative estimate of drug-likeness (QED) is 0.270. The highest BCUT2D eigenvalue weighted by Gasteiger charge is 2.27. The minimum absolute atomic E-state index is 0.0584. The smallest absolute Gasteiger partial charge is 0.408 e. The Kier molecular flexibility index (Phi) is 10.7. The Hall–Kier alpha value is -3.13. The molecule has 8 nitrogen and oxygen atoms in total. The van der Waals surface area contributed by atoms with Crippen LogP contribution in [0.25, 0.3) is 0 Å². The zero-order valence-corrected chi connectivity index (χ0v) is 22.8. The molecular weight excluding hydrogens is 548 g/mol. The van der Waals surface area contributed by atoms with Crippen molar-refractivity contribution in [3.63, 3.8) is 0 Å². The normalized spacial score (nSPS) is 12.1. The summed E-state index contributed by atoms with van der Waals surface area (Å²) in [7, 11) is -3.98. The fraction of sp³-hybridized carbons (Fsp3) is 0.308. The summed E-state index contributed by atoms with van der Waals surface area (Å²) in [6, 6.07) is 13.9. The van der Waals surface area contributed by atoms with Gasteiger partial charge in [-0.15, -0.1) is 6.58 Å². The number of alkyl carbamates (subject to hydrolysis) is 1. The minimum Gasteiger partial charge on any atom is -0.449 e. The first-order valence-corrected chi connectivity index (χ1v) is 13.2. The van der Waals surface area contributed by atoms with E-state index in [2.05, 4.69) is 39.7 Å². The second-order valence-corrected chi connectivity index (χ2v) is 11.4. The molecule has 0 spiro atoms. The number of nitrogens with one attached hydrogen (secondary N) is 1. The van der Waals surface area contributed by atoms with Gasteiger partial charge in [0.15, 0.2) is 6.61 Å². The van der Waals surface area contributed by atoms with Gasteiger partial charge in [-0.1, -0.05) is 52.0 Å². The largest absolute Gasteiger partial charge is 0.449 e. The van der Waals surface area contributed by atoms with Crippen LogP contribution in [-0.4, -0.2) is 56.1 Å². The first-order valence-electron chi connectivity index (χ1n) is 11.0. The number of ether oxygens (including phenoxy) is 2. The summed E-state index contributed by atoms with van der Waals surface area (Å²) in [5.41, 5.74) is -0.331. The summed E-state index contributed by atoms with van der Waals surface area (Å²) >= 11 is 3.29. The van der Waals surface area contributed by atoms with Crippen molar-refractivity contribution in [2.24, 2.45) is 0 Å². The van der Waals surface area contributed by atoms with Crippen molar-refractivity contribution in [1.29, 1.82) is 0 Å². The van der Waals surface area contributed by atoms with Crippen molar-refractivity contribution >= 4 is 38.0 Å². The summed E-state index contributed by atoms with van der Waals surface area (Å²) in [4.78, 5) is 24.3. The lowest BCUT2D eigenvalue weighted by Gasteiger charge is -2.26. The molecule has 0 radical (unpaired) electrons. The maximum absolute atomic E-state index is 13.3. The van der Waals surface area contributed by atoms with Crippen LogP contribution in [0.2, 0.25) is 0 Å². The van der Waals surface area contributed by atoms with Gasteiger partial charge in [0.25, 0.3) is 0 Å². The van der Waals surface area contributed by atoms with E-state index in [9.17, 15) is 18.0 Å². The highest BCUT2D eigenvalue weighted by molar-refractivity contribution is 9.10. The highest BCUT2D eigenvalue weighted by Crippen LogP contribution is 2.19. The number of carbonyl (C=O) groups excluding carboxylic acids is 2. The highest BCUT2D eigenvalue weighted by atomic mass is 79.9. The molecule has 1 unspecified atom stereocenters. The molecule has 0 aliphatic carbocycles. The molecular formula is C26H29BrN2O6S. The van der Waals surface area contributed by atoms with E-state index < -0.39 is 33.7 Å². The van der Waals surface area contributed by atoms with Gasteiger partial charge in [-0.05, 0) is 57.2 Å². The van der Waals surface area contributed by atoms with Crippen LogP contribution in [0.1, 0.15) is 31.1 Å². The van der Waals surface area contributed by atoms with E-state index in [0.29, 0.717) is 5.56 Å². The van der Waals surface area contributed by atoms with Gasteiger partial charge in [0.1, 0.15) is 5.60 Å². The van der Waals surface area contributed by atoms with Gasteiger partial charge < -0.3 is 14.8 Å². The van der Waals surface area contributed by atoms with Crippen LogP contribution in [0.4, 0.5) is 4.79 Å². The van der Waals surface area contributed by atoms with Crippen LogP contribution in [0.5, 0.6) is 0 Å². The first-order chi connectivity index (χ1) is 16.9. The molecule has 1 atom stereocenters. The third kappa shape index (κ3) is 9.49. The Balaban J connectivity index is 2.16. The van der Waals surface area contributed by atoms with Crippen LogP contribution in [0.15, 0.2) is 76.6 Å². The predicted molar refractivity (Wildman–Crippen MR) is 141 cm³/mol. The number of nitrogens with zero attached hydrogens (tertiary/aromatic N) is 1. The van der Waals surface area contributed by atoms with E-state index in [1.807, 2.05) is 0 Å². The van der Waals surface area contributed by atoms with Crippen LogP contribution >= 0.6 is 15.9 Å². The number of hydrogen-bond donors (Lipinski definition) is 1. The van der Waals surface area contributed by atoms with E-state index >= 15 is 0 Å². The van der Waals surface area contributed by atoms with Crippen molar-refractivity contribution in [1.82, 2.24) is 9.62 Å². The fourth-order valence-electron chi connectivity index (χ4n) is 2.82. The molecule has 0 aromatic heterocycles. The molecule has 1 amide bonds. The second kappa shape index (κ2) is 13.3. The molecule has 2 aromatic carbocycles. The second-order valence-electron chi connectivity index (χ2n) is 8.54. The molecule has 2 aromatic rings. The van der Waals surface area contributed by atoms with Gasteiger partial charge in [-0.2, -0.15) is 4.31 Å². The SMILES string of the molecule is C=CC(CN(CC#CCOC(=O)c1ccccc1)S(=O)(=O)c1ccc(Br)cc1)NC(=O)OC(C)(C)C. The number of carbonyl (C=O) groups is 2. The summed E-state index contributed by atoms with van der Waals surface area (Å²) < 4.78 is 38.9. The molecule has 2 rings (SSSR count). The van der Waals surface area contributed by atoms with Gasteiger partial charge in [-0.3, -0.25) is 0 Å². The average molecular weight is 577 g/mol. The predicted octanol–water partition coefficient (Wildman–Crippen LogP) is 4.38. The maximum Gasteiger partial charge on any atom is 0.408 e. The van der Waals surface area contributed by atoms with Gasteiger partial charge in [0.2, 0.25) is 10.0 Å². The van der Waals surface area contributed by atoms with Gasteiger partial charge >= 0.3 is 12.1 Å². The van der Waals surface area contributed by atoms with E-state index in [0.717, 1.165) is 8.78 Å². The maximum atomic E-state index is 13.3. The van der Waals surface area contributed by atoms with Crippen molar-refractivity contribution in [2.75, 3.05) is 19.7 Å². The lowest BCUT2D eigenvalue weighted by Crippen LogP contribution is -2.46. The van der Waals surface area contributed by atoms with Crippen molar-refractivity contribution in [3.8, 4) is 11.8 Å². The number of hydrogen-bond acceptors (Lipinski definition) is 6. The van der Waals surface area contributed by atoms with Crippen LogP contribution in [-0.2, 0) is 19.5 Å². The van der Waals surface area contributed by atoms with Crippen LogP contribution in [0.3, 0.4) is 0 Å². The molecule has 0 aliphatic heterocycles. The zero-order valence-electron chi connectivity index (χ0n) is 20.4. The fourth-order valence-corrected chi connectivity index (χ4v) is 4.45. The Morgan fingerprint density at radius 1 is 1.11 bits per heavy atom. The third-order valence-electron chi connectivity index (χ3n) is 4.50. The summed E-state index contributed by atoms with van der Waals surface area (Å²) in [6.07, 6.45) is 0.718. The van der Waals surface area contributed by atoms with E-state index in [4.69, 9.17) is 9.47 Å². The molecule has 0 saturated heterocycles. The van der Waals surface area contributed by atoms with Crippen molar-refractivity contribution in [3.05, 3.63) is 77.3 Å². The summed E-state index contributed by atoms with van der Waals surface area (Å²) in [5.74, 6) is 4.87. The Bertz CT molecular complexity index is 1210. The Morgan fingerprint density at radius 2 is 1.75 bits per heavy atom. The average Bonchev–Trinajstić information content (AvgIpc) is 2.81. The summed E-state index contributed by atoms with van der Waals surface area (Å²) in [5, 5.41) is 2.61. The molecule has 36 heavy (non-hydrogen) atoms. The van der Waals surface area contributed by atoms with Crippen molar-refractivity contribution in [2.45, 2.75) is 37.3 Å². The number of rotatable bonds is 9. The number of amides is 1.